The van der Waals surface area contributed by atoms with Crippen molar-refractivity contribution in [2.75, 3.05) is 18.0 Å². The molecule has 0 saturated carbocycles. The Morgan fingerprint density at radius 1 is 1.42 bits per heavy atom. The minimum atomic E-state index is -0.340. The molecule has 1 fully saturated rings. The molecule has 0 aliphatic carbocycles. The van der Waals surface area contributed by atoms with Crippen molar-refractivity contribution in [1.29, 1.82) is 0 Å². The van der Waals surface area contributed by atoms with Gasteiger partial charge in [-0.2, -0.15) is 0 Å². The molecule has 1 aliphatic rings. The number of para-hydroxylation sites is 1. The van der Waals surface area contributed by atoms with Crippen LogP contribution < -0.4 is 10.6 Å². The molecule has 1 aromatic rings. The standard InChI is InChI=1S/C15H22N2O2/c1-3-17(13-7-5-4-6-11(13)2)15(18)14-9-8-12(10-16)19-14/h4-7,12,14H,3,8-10,16H2,1-2H3. The smallest absolute Gasteiger partial charge is 0.256 e. The Labute approximate surface area is 114 Å². The van der Waals surface area contributed by atoms with Crippen molar-refractivity contribution in [2.45, 2.75) is 38.9 Å². The number of amides is 1. The highest BCUT2D eigenvalue weighted by atomic mass is 16.5. The number of carbonyl (C=O) groups excluding carboxylic acids is 1. The van der Waals surface area contributed by atoms with Crippen molar-refractivity contribution in [2.24, 2.45) is 5.73 Å². The summed E-state index contributed by atoms with van der Waals surface area (Å²) in [6.45, 7) is 5.14. The first-order valence-corrected chi connectivity index (χ1v) is 6.90. The van der Waals surface area contributed by atoms with E-state index in [0.29, 0.717) is 13.1 Å². The van der Waals surface area contributed by atoms with E-state index in [4.69, 9.17) is 10.5 Å². The van der Waals surface area contributed by atoms with Gasteiger partial charge in [0.25, 0.3) is 5.91 Å². The molecule has 2 rings (SSSR count). The number of aryl methyl sites for hydroxylation is 1. The fraction of sp³-hybridized carbons (Fsp3) is 0.533. The third-order valence-corrected chi connectivity index (χ3v) is 3.63. The zero-order valence-corrected chi connectivity index (χ0v) is 11.6. The third kappa shape index (κ3) is 2.96. The average Bonchev–Trinajstić information content (AvgIpc) is 2.90. The van der Waals surface area contributed by atoms with Gasteiger partial charge in [0.05, 0.1) is 6.10 Å². The molecule has 104 valence electrons. The van der Waals surface area contributed by atoms with Crippen molar-refractivity contribution in [3.8, 4) is 0 Å². The number of rotatable bonds is 4. The zero-order chi connectivity index (χ0) is 13.8. The number of likely N-dealkylation sites (N-methyl/N-ethyl adjacent to an activating group) is 1. The molecule has 0 aromatic heterocycles. The molecule has 0 bridgehead atoms. The summed E-state index contributed by atoms with van der Waals surface area (Å²) in [6, 6.07) is 7.93. The summed E-state index contributed by atoms with van der Waals surface area (Å²) in [4.78, 5) is 14.4. The molecule has 2 N–H and O–H groups in total. The Bertz CT molecular complexity index is 448. The lowest BCUT2D eigenvalue weighted by Crippen LogP contribution is -2.40. The number of anilines is 1. The normalized spacial score (nSPS) is 22.5. The summed E-state index contributed by atoms with van der Waals surface area (Å²) >= 11 is 0. The van der Waals surface area contributed by atoms with Crippen LogP contribution in [-0.2, 0) is 9.53 Å². The van der Waals surface area contributed by atoms with Gasteiger partial charge in [0, 0.05) is 18.8 Å². The Hall–Kier alpha value is -1.39. The van der Waals surface area contributed by atoms with Gasteiger partial charge in [0.1, 0.15) is 6.10 Å². The van der Waals surface area contributed by atoms with E-state index in [-0.39, 0.29) is 18.1 Å². The van der Waals surface area contributed by atoms with E-state index in [1.165, 1.54) is 0 Å². The molecule has 0 spiro atoms. The van der Waals surface area contributed by atoms with E-state index in [2.05, 4.69) is 0 Å². The van der Waals surface area contributed by atoms with E-state index in [9.17, 15) is 4.79 Å². The molecule has 2 atom stereocenters. The first-order valence-electron chi connectivity index (χ1n) is 6.90. The first kappa shape index (κ1) is 14.0. The van der Waals surface area contributed by atoms with E-state index >= 15 is 0 Å². The molecule has 4 nitrogen and oxygen atoms in total. The maximum absolute atomic E-state index is 12.6. The average molecular weight is 262 g/mol. The van der Waals surface area contributed by atoms with Crippen molar-refractivity contribution in [3.05, 3.63) is 29.8 Å². The lowest BCUT2D eigenvalue weighted by molar-refractivity contribution is -0.129. The predicted octanol–water partition coefficient (Wildman–Crippen LogP) is 1.85. The van der Waals surface area contributed by atoms with Gasteiger partial charge in [-0.25, -0.2) is 0 Å². The Balaban J connectivity index is 2.14. The van der Waals surface area contributed by atoms with Gasteiger partial charge in [-0.05, 0) is 38.3 Å². The second-order valence-electron chi connectivity index (χ2n) is 4.93. The van der Waals surface area contributed by atoms with Gasteiger partial charge < -0.3 is 15.4 Å². The van der Waals surface area contributed by atoms with Crippen LogP contribution in [0.3, 0.4) is 0 Å². The number of nitrogens with zero attached hydrogens (tertiary/aromatic N) is 1. The van der Waals surface area contributed by atoms with E-state index < -0.39 is 0 Å². The van der Waals surface area contributed by atoms with Crippen molar-refractivity contribution >= 4 is 11.6 Å². The second kappa shape index (κ2) is 6.17. The molecule has 2 unspecified atom stereocenters. The fourth-order valence-electron chi connectivity index (χ4n) is 2.55. The summed E-state index contributed by atoms with van der Waals surface area (Å²) in [5, 5.41) is 0. The maximum atomic E-state index is 12.6. The first-order chi connectivity index (χ1) is 9.17. The van der Waals surface area contributed by atoms with Crippen LogP contribution in [0.25, 0.3) is 0 Å². The second-order valence-corrected chi connectivity index (χ2v) is 4.93. The topological polar surface area (TPSA) is 55.6 Å². The van der Waals surface area contributed by atoms with Gasteiger partial charge >= 0.3 is 0 Å². The molecule has 1 heterocycles. The summed E-state index contributed by atoms with van der Waals surface area (Å²) in [6.07, 6.45) is 1.33. The lowest BCUT2D eigenvalue weighted by atomic mass is 10.1. The Morgan fingerprint density at radius 3 is 2.74 bits per heavy atom. The molecule has 1 amide bonds. The molecule has 1 saturated heterocycles. The van der Waals surface area contributed by atoms with Crippen LogP contribution >= 0.6 is 0 Å². The van der Waals surface area contributed by atoms with Crippen LogP contribution in [0.4, 0.5) is 5.69 Å². The van der Waals surface area contributed by atoms with Gasteiger partial charge in [-0.1, -0.05) is 18.2 Å². The number of carbonyl (C=O) groups is 1. The van der Waals surface area contributed by atoms with E-state index in [1.54, 1.807) is 4.90 Å². The van der Waals surface area contributed by atoms with Crippen molar-refractivity contribution in [1.82, 2.24) is 0 Å². The summed E-state index contributed by atoms with van der Waals surface area (Å²) in [5.74, 6) is 0.0488. The molecule has 4 heteroatoms. The molecule has 0 radical (unpaired) electrons. The molecular weight excluding hydrogens is 240 g/mol. The number of hydrogen-bond acceptors (Lipinski definition) is 3. The van der Waals surface area contributed by atoms with Crippen LogP contribution in [0, 0.1) is 6.92 Å². The number of nitrogens with two attached hydrogens (primary N) is 1. The minimum absolute atomic E-state index is 0.0320. The van der Waals surface area contributed by atoms with Crippen LogP contribution in [0.1, 0.15) is 25.3 Å². The quantitative estimate of drug-likeness (QED) is 0.901. The Kier molecular flexibility index (Phi) is 4.56. The summed E-state index contributed by atoms with van der Waals surface area (Å²) < 4.78 is 5.70. The molecular formula is C15H22N2O2. The van der Waals surface area contributed by atoms with Crippen LogP contribution in [0.5, 0.6) is 0 Å². The fourth-order valence-corrected chi connectivity index (χ4v) is 2.55. The van der Waals surface area contributed by atoms with Gasteiger partial charge in [-0.15, -0.1) is 0 Å². The molecule has 1 aliphatic heterocycles. The summed E-state index contributed by atoms with van der Waals surface area (Å²) in [7, 11) is 0. The molecule has 1 aromatic carbocycles. The SMILES string of the molecule is CCN(C(=O)C1CCC(CN)O1)c1ccccc1C. The number of ether oxygens (including phenoxy) is 1. The van der Waals surface area contributed by atoms with Crippen molar-refractivity contribution in [3.63, 3.8) is 0 Å². The highest BCUT2D eigenvalue weighted by Crippen LogP contribution is 2.25. The van der Waals surface area contributed by atoms with Crippen LogP contribution in [0.2, 0.25) is 0 Å². The number of hydrogen-bond donors (Lipinski definition) is 1. The van der Waals surface area contributed by atoms with Gasteiger partial charge in [0.2, 0.25) is 0 Å². The van der Waals surface area contributed by atoms with Crippen LogP contribution in [-0.4, -0.2) is 31.2 Å². The Morgan fingerprint density at radius 2 is 2.16 bits per heavy atom. The summed E-state index contributed by atoms with van der Waals surface area (Å²) in [5.41, 5.74) is 7.66. The third-order valence-electron chi connectivity index (χ3n) is 3.63. The van der Waals surface area contributed by atoms with Gasteiger partial charge in [0.15, 0.2) is 0 Å². The lowest BCUT2D eigenvalue weighted by Gasteiger charge is -2.25. The van der Waals surface area contributed by atoms with Crippen molar-refractivity contribution < 1.29 is 9.53 Å². The van der Waals surface area contributed by atoms with Gasteiger partial charge in [-0.3, -0.25) is 4.79 Å². The number of benzene rings is 1. The molecule has 19 heavy (non-hydrogen) atoms. The highest BCUT2D eigenvalue weighted by Gasteiger charge is 2.33. The van der Waals surface area contributed by atoms with E-state index in [1.807, 2.05) is 38.1 Å². The van der Waals surface area contributed by atoms with E-state index in [0.717, 1.165) is 24.1 Å². The monoisotopic (exact) mass is 262 g/mol. The largest absolute Gasteiger partial charge is 0.364 e. The zero-order valence-electron chi connectivity index (χ0n) is 11.6. The predicted molar refractivity (Wildman–Crippen MR) is 76.2 cm³/mol. The highest BCUT2D eigenvalue weighted by molar-refractivity contribution is 5.97. The van der Waals surface area contributed by atoms with Crippen LogP contribution in [0.15, 0.2) is 24.3 Å². The minimum Gasteiger partial charge on any atom is -0.364 e. The maximum Gasteiger partial charge on any atom is 0.256 e.